The third kappa shape index (κ3) is 2.92. The summed E-state index contributed by atoms with van der Waals surface area (Å²) in [7, 11) is 0. The molecule has 0 atom stereocenters. The van der Waals surface area contributed by atoms with Crippen LogP contribution in [0.5, 0.6) is 0 Å². The normalized spacial score (nSPS) is 10.3. The summed E-state index contributed by atoms with van der Waals surface area (Å²) in [6.07, 6.45) is 1.54. The number of nitrogens with one attached hydrogen (secondary N) is 1. The van der Waals surface area contributed by atoms with Crippen molar-refractivity contribution in [2.45, 2.75) is 0 Å². The molecule has 0 bridgehead atoms. The van der Waals surface area contributed by atoms with Crippen LogP contribution in [0.4, 0.5) is 21.8 Å². The van der Waals surface area contributed by atoms with Crippen molar-refractivity contribution < 1.29 is 4.39 Å². The van der Waals surface area contributed by atoms with Gasteiger partial charge in [0.05, 0.1) is 10.2 Å². The maximum absolute atomic E-state index is 12.9. The molecule has 88 valence electrons. The van der Waals surface area contributed by atoms with Crippen LogP contribution in [-0.2, 0) is 0 Å². The van der Waals surface area contributed by atoms with Crippen LogP contribution in [0, 0.1) is 5.82 Å². The number of nitrogens with zero attached hydrogens (tertiary/aromatic N) is 2. The summed E-state index contributed by atoms with van der Waals surface area (Å²) < 4.78 is 14.2. The van der Waals surface area contributed by atoms with E-state index in [1.165, 1.54) is 12.1 Å². The van der Waals surface area contributed by atoms with E-state index in [-0.39, 0.29) is 11.8 Å². The Bertz CT molecular complexity index is 562. The Hall–Kier alpha value is -1.21. The van der Waals surface area contributed by atoms with Crippen LogP contribution in [0.1, 0.15) is 0 Å². The highest BCUT2D eigenvalue weighted by molar-refractivity contribution is 9.11. The lowest BCUT2D eigenvalue weighted by molar-refractivity contribution is 0.627. The van der Waals surface area contributed by atoms with E-state index in [4.69, 9.17) is 5.73 Å². The molecule has 0 saturated heterocycles. The molecule has 1 aromatic carbocycles. The van der Waals surface area contributed by atoms with E-state index in [9.17, 15) is 4.39 Å². The number of nitrogens with two attached hydrogens (primary N) is 1. The molecule has 4 nitrogen and oxygen atoms in total. The van der Waals surface area contributed by atoms with Gasteiger partial charge in [-0.2, -0.15) is 4.98 Å². The monoisotopic (exact) mass is 360 g/mol. The molecule has 0 amide bonds. The van der Waals surface area contributed by atoms with E-state index in [1.54, 1.807) is 12.3 Å². The van der Waals surface area contributed by atoms with Gasteiger partial charge in [0, 0.05) is 10.7 Å². The predicted molar refractivity (Wildman–Crippen MR) is 71.5 cm³/mol. The number of rotatable bonds is 2. The molecule has 7 heteroatoms. The summed E-state index contributed by atoms with van der Waals surface area (Å²) in [6.45, 7) is 0. The van der Waals surface area contributed by atoms with Crippen LogP contribution in [0.15, 0.2) is 33.3 Å². The molecule has 0 saturated carbocycles. The topological polar surface area (TPSA) is 63.8 Å². The Morgan fingerprint density at radius 3 is 2.71 bits per heavy atom. The molecule has 3 N–H and O–H groups in total. The van der Waals surface area contributed by atoms with Gasteiger partial charge in [-0.3, -0.25) is 0 Å². The summed E-state index contributed by atoms with van der Waals surface area (Å²) in [5.41, 5.74) is 6.17. The first kappa shape index (κ1) is 12.3. The quantitative estimate of drug-likeness (QED) is 0.859. The lowest BCUT2D eigenvalue weighted by atomic mass is 10.3. The van der Waals surface area contributed by atoms with Crippen LogP contribution in [0.3, 0.4) is 0 Å². The molecule has 1 heterocycles. The van der Waals surface area contributed by atoms with Crippen LogP contribution >= 0.6 is 31.9 Å². The Labute approximate surface area is 114 Å². The average Bonchev–Trinajstić information content (AvgIpc) is 2.27. The van der Waals surface area contributed by atoms with E-state index >= 15 is 0 Å². The van der Waals surface area contributed by atoms with Crippen molar-refractivity contribution in [3.8, 4) is 0 Å². The van der Waals surface area contributed by atoms with Crippen LogP contribution in [0.2, 0.25) is 0 Å². The van der Waals surface area contributed by atoms with Gasteiger partial charge in [0.15, 0.2) is 0 Å². The Balaban J connectivity index is 2.34. The Kier molecular flexibility index (Phi) is 3.58. The minimum Gasteiger partial charge on any atom is -0.368 e. The predicted octanol–water partition coefficient (Wildman–Crippen LogP) is 3.47. The van der Waals surface area contributed by atoms with Crippen molar-refractivity contribution >= 4 is 49.3 Å². The molecular formula is C10H7Br2FN4. The number of aromatic nitrogens is 2. The first-order valence-electron chi connectivity index (χ1n) is 4.56. The first-order chi connectivity index (χ1) is 8.06. The summed E-state index contributed by atoms with van der Waals surface area (Å²) in [4.78, 5) is 7.85. The SMILES string of the molecule is Nc1ncc(Br)c(Nc2ccc(F)cc2Br)n1. The maximum atomic E-state index is 12.9. The molecule has 0 aliphatic heterocycles. The zero-order chi connectivity index (χ0) is 12.4. The lowest BCUT2D eigenvalue weighted by Crippen LogP contribution is -2.01. The number of anilines is 3. The third-order valence-corrected chi connectivity index (χ3v) is 3.18. The van der Waals surface area contributed by atoms with E-state index < -0.39 is 0 Å². The zero-order valence-corrected chi connectivity index (χ0v) is 11.6. The van der Waals surface area contributed by atoms with Crippen molar-refractivity contribution in [2.24, 2.45) is 0 Å². The maximum Gasteiger partial charge on any atom is 0.222 e. The van der Waals surface area contributed by atoms with Crippen molar-refractivity contribution in [2.75, 3.05) is 11.1 Å². The highest BCUT2D eigenvalue weighted by Crippen LogP contribution is 2.29. The fraction of sp³-hybridized carbons (Fsp3) is 0. The zero-order valence-electron chi connectivity index (χ0n) is 8.42. The summed E-state index contributed by atoms with van der Waals surface area (Å²) in [5.74, 6) is 0.363. The van der Waals surface area contributed by atoms with Crippen molar-refractivity contribution in [1.29, 1.82) is 0 Å². The largest absolute Gasteiger partial charge is 0.368 e. The van der Waals surface area contributed by atoms with Gasteiger partial charge in [-0.25, -0.2) is 9.37 Å². The second-order valence-electron chi connectivity index (χ2n) is 3.17. The molecule has 2 rings (SSSR count). The second-order valence-corrected chi connectivity index (χ2v) is 4.88. The number of nitrogen functional groups attached to an aromatic ring is 1. The minimum absolute atomic E-state index is 0.161. The average molecular weight is 362 g/mol. The minimum atomic E-state index is -0.316. The number of hydrogen-bond donors (Lipinski definition) is 2. The lowest BCUT2D eigenvalue weighted by Gasteiger charge is -2.09. The summed E-state index contributed by atoms with van der Waals surface area (Å²) in [5, 5.41) is 3.02. The van der Waals surface area contributed by atoms with Crippen molar-refractivity contribution in [1.82, 2.24) is 9.97 Å². The highest BCUT2D eigenvalue weighted by atomic mass is 79.9. The molecule has 0 unspecified atom stereocenters. The molecule has 17 heavy (non-hydrogen) atoms. The molecule has 1 aromatic heterocycles. The molecular weight excluding hydrogens is 355 g/mol. The van der Waals surface area contributed by atoms with E-state index in [2.05, 4.69) is 47.1 Å². The van der Waals surface area contributed by atoms with E-state index in [0.29, 0.717) is 20.5 Å². The Morgan fingerprint density at radius 1 is 1.24 bits per heavy atom. The Morgan fingerprint density at radius 2 is 2.00 bits per heavy atom. The summed E-state index contributed by atoms with van der Waals surface area (Å²) >= 11 is 6.55. The van der Waals surface area contributed by atoms with Gasteiger partial charge in [-0.05, 0) is 50.1 Å². The molecule has 0 aliphatic rings. The second kappa shape index (κ2) is 4.97. The fourth-order valence-corrected chi connectivity index (χ4v) is 1.93. The van der Waals surface area contributed by atoms with Gasteiger partial charge < -0.3 is 11.1 Å². The molecule has 0 aliphatic carbocycles. The van der Waals surface area contributed by atoms with E-state index in [0.717, 1.165) is 0 Å². The first-order valence-corrected chi connectivity index (χ1v) is 6.15. The van der Waals surface area contributed by atoms with Gasteiger partial charge in [-0.1, -0.05) is 0 Å². The van der Waals surface area contributed by atoms with Crippen molar-refractivity contribution in [3.63, 3.8) is 0 Å². The fourth-order valence-electron chi connectivity index (χ4n) is 1.19. The van der Waals surface area contributed by atoms with E-state index in [1.807, 2.05) is 0 Å². The molecule has 2 aromatic rings. The highest BCUT2D eigenvalue weighted by Gasteiger charge is 2.06. The van der Waals surface area contributed by atoms with Crippen LogP contribution in [-0.4, -0.2) is 9.97 Å². The van der Waals surface area contributed by atoms with Crippen LogP contribution in [0.25, 0.3) is 0 Å². The molecule has 0 spiro atoms. The number of hydrogen-bond acceptors (Lipinski definition) is 4. The van der Waals surface area contributed by atoms with Gasteiger partial charge in [0.1, 0.15) is 11.6 Å². The number of benzene rings is 1. The molecule has 0 fully saturated rings. The third-order valence-electron chi connectivity index (χ3n) is 1.95. The van der Waals surface area contributed by atoms with Gasteiger partial charge >= 0.3 is 0 Å². The standard InChI is InChI=1S/C10H7Br2FN4/c11-6-3-5(13)1-2-8(6)16-9-7(12)4-15-10(14)17-9/h1-4H,(H3,14,15,16,17). The van der Waals surface area contributed by atoms with Gasteiger partial charge in [0.25, 0.3) is 0 Å². The van der Waals surface area contributed by atoms with Gasteiger partial charge in [-0.15, -0.1) is 0 Å². The van der Waals surface area contributed by atoms with Gasteiger partial charge in [0.2, 0.25) is 5.95 Å². The molecule has 0 radical (unpaired) electrons. The van der Waals surface area contributed by atoms with Crippen molar-refractivity contribution in [3.05, 3.63) is 39.2 Å². The van der Waals surface area contributed by atoms with Crippen LogP contribution < -0.4 is 11.1 Å². The smallest absolute Gasteiger partial charge is 0.222 e. The summed E-state index contributed by atoms with van der Waals surface area (Å²) in [6, 6.07) is 4.32. The number of halogens is 3.